The molecule has 0 aliphatic rings. The average molecular weight is 472 g/mol. The Balaban J connectivity index is 0.00000137. The molecule has 1 atom stereocenters. The number of hydrogen-bond donors (Lipinski definition) is 3. The van der Waals surface area contributed by atoms with E-state index in [2.05, 4.69) is 10.2 Å². The lowest BCUT2D eigenvalue weighted by Crippen LogP contribution is -2.52. The van der Waals surface area contributed by atoms with Crippen LogP contribution in [0.3, 0.4) is 0 Å². The van der Waals surface area contributed by atoms with Crippen LogP contribution in [0.1, 0.15) is 54.9 Å². The number of pyridine rings is 1. The first-order valence-electron chi connectivity index (χ1n) is 11.5. The summed E-state index contributed by atoms with van der Waals surface area (Å²) in [6.45, 7) is 12.7. The summed E-state index contributed by atoms with van der Waals surface area (Å²) in [6, 6.07) is 10.8. The number of benzene rings is 1. The predicted octanol–water partition coefficient (Wildman–Crippen LogP) is 3.82. The van der Waals surface area contributed by atoms with Gasteiger partial charge in [0, 0.05) is 18.8 Å². The Morgan fingerprint density at radius 1 is 0.971 bits per heavy atom. The van der Waals surface area contributed by atoms with Crippen LogP contribution in [-0.2, 0) is 11.3 Å². The van der Waals surface area contributed by atoms with Crippen LogP contribution in [0.15, 0.2) is 59.8 Å². The third-order valence-corrected chi connectivity index (χ3v) is 5.65. The maximum Gasteiger partial charge on any atom is 0.252 e. The number of amides is 1. The van der Waals surface area contributed by atoms with Crippen molar-refractivity contribution in [3.63, 3.8) is 0 Å². The second-order valence-corrected chi connectivity index (χ2v) is 7.89. The van der Waals surface area contributed by atoms with Crippen molar-refractivity contribution >= 4 is 5.91 Å². The maximum absolute atomic E-state index is 12.6. The molecular formula is C25H37N5O4. The van der Waals surface area contributed by atoms with Gasteiger partial charge in [-0.25, -0.2) is 5.48 Å². The Bertz CT molecular complexity index is 1070. The number of aryl methyl sites for hydroxylation is 1. The van der Waals surface area contributed by atoms with E-state index in [1.165, 1.54) is 29.3 Å². The standard InChI is InChI=1S/C21H25N5O4.2C2H6/c1-20(2,29)21(3,19(28)24-30)9-13-25-12-8-16(14-18(25)27)15-4-6-17(7-5-15)26-22-10-11-23-26;2*1-2/h4-8,10-12,14,29-30H,9,13H2,1-3H3,(H,24,28);2*1-2H3. The number of hydroxylamine groups is 1. The Morgan fingerprint density at radius 2 is 1.53 bits per heavy atom. The minimum Gasteiger partial charge on any atom is -0.389 e. The van der Waals surface area contributed by atoms with Gasteiger partial charge in [-0.05, 0) is 56.5 Å². The quantitative estimate of drug-likeness (QED) is 0.356. The SMILES string of the molecule is CC.CC.CC(C)(O)C(C)(CCn1ccc(-c2ccc(-n3nccn3)cc2)cc1=O)C(=O)NO. The summed E-state index contributed by atoms with van der Waals surface area (Å²) >= 11 is 0. The molecule has 3 aromatic rings. The van der Waals surface area contributed by atoms with Gasteiger partial charge in [0.25, 0.3) is 11.5 Å². The van der Waals surface area contributed by atoms with E-state index in [1.807, 2.05) is 58.0 Å². The minimum atomic E-state index is -1.39. The van der Waals surface area contributed by atoms with Gasteiger partial charge in [0.2, 0.25) is 0 Å². The van der Waals surface area contributed by atoms with Gasteiger partial charge >= 0.3 is 0 Å². The molecular weight excluding hydrogens is 434 g/mol. The van der Waals surface area contributed by atoms with Crippen molar-refractivity contribution in [2.75, 3.05) is 0 Å². The maximum atomic E-state index is 12.6. The van der Waals surface area contributed by atoms with Crippen LogP contribution in [0.5, 0.6) is 0 Å². The summed E-state index contributed by atoms with van der Waals surface area (Å²) in [5.41, 5.74) is 1.15. The molecule has 0 fully saturated rings. The Kier molecular flexibility index (Phi) is 10.8. The van der Waals surface area contributed by atoms with Crippen LogP contribution in [0.25, 0.3) is 16.8 Å². The molecule has 9 nitrogen and oxygen atoms in total. The van der Waals surface area contributed by atoms with Crippen molar-refractivity contribution in [1.82, 2.24) is 25.0 Å². The van der Waals surface area contributed by atoms with Crippen LogP contribution in [0.4, 0.5) is 0 Å². The largest absolute Gasteiger partial charge is 0.389 e. The van der Waals surface area contributed by atoms with Crippen molar-refractivity contribution in [3.8, 4) is 16.8 Å². The first kappa shape index (κ1) is 28.7. The van der Waals surface area contributed by atoms with E-state index >= 15 is 0 Å². The summed E-state index contributed by atoms with van der Waals surface area (Å²) in [5.74, 6) is -0.702. The fourth-order valence-electron chi connectivity index (χ4n) is 3.17. The zero-order chi connectivity index (χ0) is 25.9. The van der Waals surface area contributed by atoms with E-state index < -0.39 is 16.9 Å². The van der Waals surface area contributed by atoms with Crippen molar-refractivity contribution in [3.05, 3.63) is 65.3 Å². The average Bonchev–Trinajstić information content (AvgIpc) is 3.39. The van der Waals surface area contributed by atoms with Gasteiger partial charge in [-0.3, -0.25) is 14.8 Å². The lowest BCUT2D eigenvalue weighted by molar-refractivity contribution is -0.154. The molecule has 34 heavy (non-hydrogen) atoms. The fraction of sp³-hybridized carbons (Fsp3) is 0.440. The van der Waals surface area contributed by atoms with Gasteiger partial charge in [-0.2, -0.15) is 15.0 Å². The summed E-state index contributed by atoms with van der Waals surface area (Å²) in [5, 5.41) is 27.6. The first-order valence-corrected chi connectivity index (χ1v) is 11.5. The predicted molar refractivity (Wildman–Crippen MR) is 133 cm³/mol. The number of carbonyl (C=O) groups excluding carboxylic acids is 1. The summed E-state index contributed by atoms with van der Waals surface area (Å²) in [4.78, 5) is 26.2. The molecule has 0 radical (unpaired) electrons. The van der Waals surface area contributed by atoms with Crippen LogP contribution in [0, 0.1) is 5.41 Å². The lowest BCUT2D eigenvalue weighted by atomic mass is 9.72. The highest BCUT2D eigenvalue weighted by atomic mass is 16.5. The number of aliphatic hydroxyl groups is 1. The van der Waals surface area contributed by atoms with Gasteiger partial charge in [0.1, 0.15) is 0 Å². The highest BCUT2D eigenvalue weighted by Gasteiger charge is 2.45. The highest BCUT2D eigenvalue weighted by molar-refractivity contribution is 5.82. The van der Waals surface area contributed by atoms with Gasteiger partial charge in [-0.15, -0.1) is 0 Å². The molecule has 2 aromatic heterocycles. The molecule has 3 N–H and O–H groups in total. The molecule has 1 unspecified atom stereocenters. The van der Waals surface area contributed by atoms with Gasteiger partial charge in [-0.1, -0.05) is 39.8 Å². The third kappa shape index (κ3) is 6.61. The van der Waals surface area contributed by atoms with Crippen LogP contribution >= 0.6 is 0 Å². The molecule has 9 heteroatoms. The summed E-state index contributed by atoms with van der Waals surface area (Å²) in [6.07, 6.45) is 5.01. The lowest BCUT2D eigenvalue weighted by Gasteiger charge is -2.38. The van der Waals surface area contributed by atoms with Gasteiger partial charge in [0.05, 0.1) is 29.1 Å². The first-order chi connectivity index (χ1) is 16.2. The van der Waals surface area contributed by atoms with Crippen molar-refractivity contribution < 1.29 is 15.1 Å². The van der Waals surface area contributed by atoms with E-state index in [0.29, 0.717) is 0 Å². The molecule has 0 bridgehead atoms. The molecule has 186 valence electrons. The normalized spacial score (nSPS) is 12.4. The van der Waals surface area contributed by atoms with Crippen LogP contribution in [0.2, 0.25) is 0 Å². The fourth-order valence-corrected chi connectivity index (χ4v) is 3.17. The number of rotatable bonds is 7. The molecule has 0 saturated carbocycles. The van der Waals surface area contributed by atoms with Crippen LogP contribution in [-0.4, -0.2) is 41.4 Å². The van der Waals surface area contributed by atoms with E-state index in [9.17, 15) is 14.7 Å². The molecule has 1 aromatic carbocycles. The topological polar surface area (TPSA) is 122 Å². The second kappa shape index (κ2) is 12.8. The second-order valence-electron chi connectivity index (χ2n) is 7.89. The van der Waals surface area contributed by atoms with E-state index in [0.717, 1.165) is 16.8 Å². The number of carbonyl (C=O) groups is 1. The van der Waals surface area contributed by atoms with Crippen molar-refractivity contribution in [2.45, 2.75) is 67.0 Å². The number of hydrogen-bond acceptors (Lipinski definition) is 6. The monoisotopic (exact) mass is 471 g/mol. The molecule has 0 saturated heterocycles. The molecule has 0 aliphatic heterocycles. The smallest absolute Gasteiger partial charge is 0.252 e. The van der Waals surface area contributed by atoms with E-state index in [-0.39, 0.29) is 18.5 Å². The summed E-state index contributed by atoms with van der Waals surface area (Å²) < 4.78 is 1.47. The van der Waals surface area contributed by atoms with Gasteiger partial charge < -0.3 is 9.67 Å². The Morgan fingerprint density at radius 3 is 2.00 bits per heavy atom. The number of nitrogens with zero attached hydrogens (tertiary/aromatic N) is 4. The summed E-state index contributed by atoms with van der Waals surface area (Å²) in [7, 11) is 0. The molecule has 3 rings (SSSR count). The van der Waals surface area contributed by atoms with E-state index in [1.54, 1.807) is 31.0 Å². The number of aromatic nitrogens is 4. The Hall–Kier alpha value is -3.30. The third-order valence-electron chi connectivity index (χ3n) is 5.65. The highest BCUT2D eigenvalue weighted by Crippen LogP contribution is 2.35. The molecule has 1 amide bonds. The Labute approximate surface area is 201 Å². The number of nitrogens with one attached hydrogen (secondary N) is 1. The van der Waals surface area contributed by atoms with Gasteiger partial charge in [0.15, 0.2) is 0 Å². The van der Waals surface area contributed by atoms with Crippen molar-refractivity contribution in [1.29, 1.82) is 0 Å². The van der Waals surface area contributed by atoms with E-state index in [4.69, 9.17) is 5.21 Å². The zero-order valence-corrected chi connectivity index (χ0v) is 21.1. The molecule has 0 spiro atoms. The minimum absolute atomic E-state index is 0.160. The zero-order valence-electron chi connectivity index (χ0n) is 21.1. The van der Waals surface area contributed by atoms with Crippen molar-refractivity contribution in [2.24, 2.45) is 5.41 Å². The molecule has 0 aliphatic carbocycles. The van der Waals surface area contributed by atoms with Crippen LogP contribution < -0.4 is 11.0 Å². The molecule has 2 heterocycles.